The number of allylic oxidation sites excluding steroid dienone is 9. The smallest absolute Gasteiger partial charge is 0.338 e. The summed E-state index contributed by atoms with van der Waals surface area (Å²) < 4.78 is 141. The van der Waals surface area contributed by atoms with Gasteiger partial charge in [-0.05, 0) is 169 Å². The van der Waals surface area contributed by atoms with Gasteiger partial charge in [0.05, 0.1) is 34.0 Å². The molecular formula is C70H76N3O16PS4. The number of nitrogens with one attached hydrogen (secondary N) is 2. The van der Waals surface area contributed by atoms with E-state index >= 15 is 0 Å². The number of carbonyl (C=O) groups is 3. The van der Waals surface area contributed by atoms with Gasteiger partial charge in [0.2, 0.25) is 5.91 Å². The molecule has 19 nitrogen and oxygen atoms in total. The number of benzene rings is 7. The molecule has 0 spiro atoms. The number of nitrogens with zero attached hydrogens (tertiary/aromatic N) is 1. The first-order valence-corrected chi connectivity index (χ1v) is 37.7. The fourth-order valence-electron chi connectivity index (χ4n) is 12.3. The maximum absolute atomic E-state index is 13.6. The molecule has 0 bridgehead atoms. The Labute approximate surface area is 551 Å². The van der Waals surface area contributed by atoms with E-state index in [1.807, 2.05) is 99.7 Å². The van der Waals surface area contributed by atoms with Gasteiger partial charge in [-0.2, -0.15) is 33.7 Å². The molecule has 1 heterocycles. The number of rotatable bonds is 30. The maximum Gasteiger partial charge on any atom is 0.338 e. The summed E-state index contributed by atoms with van der Waals surface area (Å²) in [6.45, 7) is 10.8. The van der Waals surface area contributed by atoms with Crippen molar-refractivity contribution in [3.8, 4) is 0 Å². The van der Waals surface area contributed by atoms with Crippen LogP contribution < -0.4 is 31.4 Å². The van der Waals surface area contributed by atoms with Crippen LogP contribution in [-0.2, 0) is 60.8 Å². The maximum atomic E-state index is 13.6. The molecule has 496 valence electrons. The lowest BCUT2D eigenvalue weighted by molar-refractivity contribution is -0.121. The summed E-state index contributed by atoms with van der Waals surface area (Å²) in [5, 5.41) is 10.7. The highest BCUT2D eigenvalue weighted by atomic mass is 32.2. The monoisotopic (exact) mass is 1370 g/mol. The highest BCUT2D eigenvalue weighted by molar-refractivity contribution is 7.86. The summed E-state index contributed by atoms with van der Waals surface area (Å²) in [6, 6.07) is 40.0. The van der Waals surface area contributed by atoms with Gasteiger partial charge >= 0.3 is 5.97 Å². The summed E-state index contributed by atoms with van der Waals surface area (Å²) in [4.78, 5) is 41.5. The molecule has 2 unspecified atom stereocenters. The van der Waals surface area contributed by atoms with Crippen molar-refractivity contribution in [2.75, 3.05) is 43.1 Å². The Balaban J connectivity index is 0.978. The van der Waals surface area contributed by atoms with Crippen molar-refractivity contribution in [3.05, 3.63) is 228 Å². The molecule has 0 aromatic heterocycles. The number of esters is 1. The van der Waals surface area contributed by atoms with Gasteiger partial charge < -0.3 is 20.3 Å². The highest BCUT2D eigenvalue weighted by Crippen LogP contribution is 2.54. The zero-order valence-corrected chi connectivity index (χ0v) is 56.6. The van der Waals surface area contributed by atoms with Gasteiger partial charge in [0.25, 0.3) is 46.4 Å². The molecular weight excluding hydrogens is 1300 g/mol. The lowest BCUT2D eigenvalue weighted by Crippen LogP contribution is -2.35. The minimum atomic E-state index is -4.58. The van der Waals surface area contributed by atoms with E-state index in [9.17, 15) is 66.3 Å². The van der Waals surface area contributed by atoms with Crippen LogP contribution in [0.2, 0.25) is 0 Å². The van der Waals surface area contributed by atoms with Crippen molar-refractivity contribution in [3.63, 3.8) is 0 Å². The van der Waals surface area contributed by atoms with Crippen LogP contribution in [0.3, 0.4) is 0 Å². The molecule has 24 heteroatoms. The number of ether oxygens (including phenoxy) is 1. The second-order valence-corrected chi connectivity index (χ2v) is 31.6. The number of aryl methyl sites for hydroxylation is 1. The van der Waals surface area contributed by atoms with Crippen molar-refractivity contribution in [1.82, 2.24) is 10.6 Å². The van der Waals surface area contributed by atoms with Crippen LogP contribution in [-0.4, -0.2) is 108 Å². The fourth-order valence-corrected chi connectivity index (χ4v) is 16.8. The molecule has 94 heavy (non-hydrogen) atoms. The fraction of sp³-hybridized carbons (Fsp3) is 0.271. The topological polar surface area (TPSA) is 305 Å². The van der Waals surface area contributed by atoms with Crippen molar-refractivity contribution >= 4 is 109 Å². The largest absolute Gasteiger partial charge is 0.465 e. The van der Waals surface area contributed by atoms with Crippen LogP contribution in [0.4, 0.5) is 5.69 Å². The molecule has 0 fully saturated rings. The molecule has 7 aromatic rings. The average Bonchev–Trinajstić information content (AvgIpc) is 1.53. The minimum absolute atomic E-state index is 0.0465. The standard InChI is InChI=1S/C70H76N3O16PS4/c1-49-29-30-51-46-56(93(83,84)85)33-36-58(51)65(49)69(3,39-20-44-91(77,78)79)50(2)22-12-7-6-8-17-27-63-70(4,40-21-45-92(80,81)82)66-59-37-34-57(94(86,87)88)47-52(59)32-38-61(66)73(63)43-19-11-18-28-64(74)71-41-42-72-67(75)53-31-35-60(68(76)89-5)62(48-53)90(54-23-13-9-14-24-54)55-25-15-10-16-26-55/h6-10,12-17,22-27,29-38,46-48H,2,11,18-21,28,39-45H2,1,3-5H3,(H,71,74)(H,72,75)(H,77,78,79)(H,80,81,82)(H,83,84,85)(H,86,87,88)/b7-6+,17-8+,22-12+,63-27+. The van der Waals surface area contributed by atoms with E-state index in [2.05, 4.69) is 22.1 Å². The molecule has 0 saturated carbocycles. The molecule has 1 aliphatic heterocycles. The van der Waals surface area contributed by atoms with E-state index < -0.39 is 76.7 Å². The zero-order valence-electron chi connectivity index (χ0n) is 52.4. The number of methoxy groups -OCH3 is 1. The first-order valence-electron chi connectivity index (χ1n) is 30.3. The van der Waals surface area contributed by atoms with Gasteiger partial charge in [-0.3, -0.25) is 27.8 Å². The van der Waals surface area contributed by atoms with Crippen LogP contribution >= 0.6 is 7.92 Å². The summed E-state index contributed by atoms with van der Waals surface area (Å²) in [6.07, 6.45) is 15.0. The zero-order chi connectivity index (χ0) is 68.2. The Morgan fingerprint density at radius 2 is 1.22 bits per heavy atom. The molecule has 2 atom stereocenters. The van der Waals surface area contributed by atoms with E-state index in [0.717, 1.165) is 38.7 Å². The summed E-state index contributed by atoms with van der Waals surface area (Å²) in [5.74, 6) is -2.17. The Bertz CT molecular complexity index is 4580. The quantitative estimate of drug-likeness (QED) is 0.00801. The van der Waals surface area contributed by atoms with Gasteiger partial charge in [0.1, 0.15) is 0 Å². The number of anilines is 1. The Morgan fingerprint density at radius 3 is 1.84 bits per heavy atom. The van der Waals surface area contributed by atoms with Crippen LogP contribution in [0.15, 0.2) is 210 Å². The molecule has 7 aromatic carbocycles. The highest BCUT2D eigenvalue weighted by Gasteiger charge is 2.44. The van der Waals surface area contributed by atoms with Gasteiger partial charge in [-0.25, -0.2) is 4.79 Å². The van der Waals surface area contributed by atoms with Crippen LogP contribution in [0.5, 0.6) is 0 Å². The van der Waals surface area contributed by atoms with Crippen LogP contribution in [0.1, 0.15) is 103 Å². The Hall–Kier alpha value is -7.96. The molecule has 1 aliphatic rings. The normalized spacial score (nSPS) is 15.8. The Morgan fingerprint density at radius 1 is 0.649 bits per heavy atom. The molecule has 0 saturated heterocycles. The molecule has 2 amide bonds. The second-order valence-electron chi connectivity index (χ2n) is 23.4. The predicted molar refractivity (Wildman–Crippen MR) is 371 cm³/mol. The van der Waals surface area contributed by atoms with Gasteiger partial charge in [0, 0.05) is 59.1 Å². The molecule has 0 radical (unpaired) electrons. The average molecular weight is 1370 g/mol. The number of amides is 2. The van der Waals surface area contributed by atoms with Crippen molar-refractivity contribution in [1.29, 1.82) is 0 Å². The van der Waals surface area contributed by atoms with Crippen molar-refractivity contribution < 1.29 is 71.0 Å². The van der Waals surface area contributed by atoms with Crippen molar-refractivity contribution in [2.45, 2.75) is 92.8 Å². The summed E-state index contributed by atoms with van der Waals surface area (Å²) in [5.41, 5.74) is 3.23. The van der Waals surface area contributed by atoms with Crippen LogP contribution in [0, 0.1) is 6.92 Å². The first kappa shape index (κ1) is 71.9. The first-order chi connectivity index (χ1) is 44.4. The van der Waals surface area contributed by atoms with E-state index in [1.165, 1.54) is 31.4 Å². The van der Waals surface area contributed by atoms with E-state index in [-0.39, 0.29) is 66.8 Å². The lowest BCUT2D eigenvalue weighted by Gasteiger charge is -2.34. The predicted octanol–water partition coefficient (Wildman–Crippen LogP) is 10.9. The minimum Gasteiger partial charge on any atom is -0.465 e. The number of hydrogen-bond donors (Lipinski definition) is 6. The van der Waals surface area contributed by atoms with Gasteiger partial charge in [0.15, 0.2) is 0 Å². The van der Waals surface area contributed by atoms with E-state index in [0.29, 0.717) is 69.4 Å². The summed E-state index contributed by atoms with van der Waals surface area (Å²) >= 11 is 0. The third-order valence-electron chi connectivity index (χ3n) is 16.8. The second kappa shape index (κ2) is 30.6. The SMILES string of the molecule is C=C(/C=C/C=C/C=C/C=C1/N(CCCCCC(=O)NCCNC(=O)c2ccc(C(=O)OC)c(P(c3ccccc3)c3ccccc3)c2)c2ccc3cc(S(=O)(=O)O)ccc3c2C1(C)CCCS(=O)(=O)O)C(C)(CCCS(=O)(=O)O)c1c(C)ccc2cc(S(=O)(=O)O)ccc12. The van der Waals surface area contributed by atoms with Gasteiger partial charge in [-0.15, -0.1) is 0 Å². The third kappa shape index (κ3) is 17.9. The number of hydrogen-bond acceptors (Lipinski definition) is 13. The number of carbonyl (C=O) groups excluding carboxylic acids is 3. The number of unbranched alkanes of at least 4 members (excludes halogenated alkanes) is 2. The van der Waals surface area contributed by atoms with Gasteiger partial charge in [-0.1, -0.05) is 147 Å². The lowest BCUT2D eigenvalue weighted by atomic mass is 9.70. The van der Waals surface area contributed by atoms with Crippen molar-refractivity contribution in [2.24, 2.45) is 0 Å². The molecule has 0 aliphatic carbocycles. The Kier molecular flexibility index (Phi) is 23.4. The molecule has 6 N–H and O–H groups in total. The number of fused-ring (bicyclic) bond motifs is 4. The third-order valence-corrected chi connectivity index (χ3v) is 22.6. The van der Waals surface area contributed by atoms with E-state index in [1.54, 1.807) is 78.9 Å². The summed E-state index contributed by atoms with van der Waals surface area (Å²) in [7, 11) is -17.7. The van der Waals surface area contributed by atoms with E-state index in [4.69, 9.17) is 4.74 Å². The molecule has 8 rings (SSSR count). The van der Waals surface area contributed by atoms with Crippen LogP contribution in [0.25, 0.3) is 21.5 Å².